The molecular formula is C26H18ClN3O2S. The van der Waals surface area contributed by atoms with E-state index in [9.17, 15) is 14.9 Å². The van der Waals surface area contributed by atoms with Gasteiger partial charge in [0.15, 0.2) is 5.57 Å². The molecule has 0 fully saturated rings. The van der Waals surface area contributed by atoms with E-state index in [1.54, 1.807) is 54.6 Å². The molecule has 1 aromatic heterocycles. The third-order valence-electron chi connectivity index (χ3n) is 4.87. The quantitative estimate of drug-likeness (QED) is 0.488. The largest absolute Gasteiger partial charge is 0.321 e. The second-order valence-electron chi connectivity index (χ2n) is 7.25. The number of carbonyl (C=O) groups excluding carboxylic acids is 1. The number of nitriles is 1. The van der Waals surface area contributed by atoms with Crippen LogP contribution in [0.4, 0.5) is 5.69 Å². The Morgan fingerprint density at radius 1 is 1.03 bits per heavy atom. The summed E-state index contributed by atoms with van der Waals surface area (Å²) in [6, 6.07) is 25.3. The van der Waals surface area contributed by atoms with E-state index in [0.717, 1.165) is 22.5 Å². The fourth-order valence-corrected chi connectivity index (χ4v) is 4.43. The van der Waals surface area contributed by atoms with E-state index in [2.05, 4.69) is 5.32 Å². The first-order valence-electron chi connectivity index (χ1n) is 10.0. The Bertz CT molecular complexity index is 1530. The van der Waals surface area contributed by atoms with Crippen LogP contribution >= 0.6 is 22.9 Å². The number of amides is 1. The molecule has 33 heavy (non-hydrogen) atoms. The Labute approximate surface area is 199 Å². The third kappa shape index (κ3) is 4.96. The summed E-state index contributed by atoms with van der Waals surface area (Å²) >= 11 is 7.02. The molecule has 0 atom stereocenters. The summed E-state index contributed by atoms with van der Waals surface area (Å²) in [5.41, 5.74) is 2.58. The van der Waals surface area contributed by atoms with Crippen LogP contribution in [0.3, 0.4) is 0 Å². The van der Waals surface area contributed by atoms with Gasteiger partial charge in [0, 0.05) is 10.7 Å². The molecule has 0 saturated carbocycles. The second kappa shape index (κ2) is 9.70. The first-order chi connectivity index (χ1) is 16.0. The molecule has 0 spiro atoms. The number of aromatic nitrogens is 1. The lowest BCUT2D eigenvalue weighted by atomic mass is 10.1. The number of rotatable bonds is 4. The predicted octanol–water partition coefficient (Wildman–Crippen LogP) is 4.00. The lowest BCUT2D eigenvalue weighted by Crippen LogP contribution is -2.32. The summed E-state index contributed by atoms with van der Waals surface area (Å²) < 4.78 is 2.09. The molecule has 1 amide bonds. The minimum atomic E-state index is -0.604. The van der Waals surface area contributed by atoms with E-state index < -0.39 is 5.91 Å². The molecule has 3 aromatic carbocycles. The number of halogens is 1. The number of thiazole rings is 1. The number of nitrogens with one attached hydrogen (secondary N) is 1. The van der Waals surface area contributed by atoms with Gasteiger partial charge in [-0.25, -0.2) is 0 Å². The number of benzene rings is 3. The third-order valence-corrected chi connectivity index (χ3v) is 6.21. The van der Waals surface area contributed by atoms with E-state index in [4.69, 9.17) is 11.6 Å². The van der Waals surface area contributed by atoms with Crippen LogP contribution in [0.25, 0.3) is 17.3 Å². The van der Waals surface area contributed by atoms with Crippen LogP contribution in [-0.4, -0.2) is 10.5 Å². The van der Waals surface area contributed by atoms with E-state index in [1.807, 2.05) is 43.3 Å². The SMILES string of the molecule is Cc1ccc(/C=c2/s/c(=C(/C#N)C(=O)Nc3ccc(Cl)cc3)n(-c3ccccc3)c2=O)cc1. The van der Waals surface area contributed by atoms with Gasteiger partial charge in [-0.05, 0) is 55.0 Å². The fourth-order valence-electron chi connectivity index (χ4n) is 3.20. The molecule has 0 bridgehead atoms. The lowest BCUT2D eigenvalue weighted by Gasteiger charge is -2.06. The Kier molecular flexibility index (Phi) is 6.55. The van der Waals surface area contributed by atoms with Crippen molar-refractivity contribution < 1.29 is 4.79 Å². The first kappa shape index (κ1) is 22.3. The Morgan fingerprint density at radius 3 is 2.33 bits per heavy atom. The van der Waals surface area contributed by atoms with E-state index in [0.29, 0.717) is 20.9 Å². The summed E-state index contributed by atoms with van der Waals surface area (Å²) in [6.07, 6.45) is 1.77. The van der Waals surface area contributed by atoms with Crippen LogP contribution in [0.5, 0.6) is 0 Å². The molecular weight excluding hydrogens is 454 g/mol. The van der Waals surface area contributed by atoms with Crippen molar-refractivity contribution in [1.29, 1.82) is 5.26 Å². The van der Waals surface area contributed by atoms with Crippen LogP contribution in [0.15, 0.2) is 83.7 Å². The Balaban J connectivity index is 1.93. The normalized spacial score (nSPS) is 12.2. The van der Waals surface area contributed by atoms with Crippen LogP contribution in [0.2, 0.25) is 5.02 Å². The number of nitrogens with zero attached hydrogens (tertiary/aromatic N) is 2. The molecule has 0 aliphatic heterocycles. The standard InChI is InChI=1S/C26H18ClN3O2S/c1-17-7-9-18(10-8-17)15-23-25(32)30(21-5-3-2-4-6-21)26(33-23)22(16-28)24(31)29-20-13-11-19(27)12-14-20/h2-15H,1H3,(H,29,31)/b23-15+,26-22-. The molecule has 0 unspecified atom stereocenters. The van der Waals surface area contributed by atoms with Gasteiger partial charge in [0.25, 0.3) is 11.5 Å². The zero-order valence-corrected chi connectivity index (χ0v) is 19.2. The molecule has 0 aliphatic rings. The number of anilines is 1. The summed E-state index contributed by atoms with van der Waals surface area (Å²) in [7, 11) is 0. The smallest absolute Gasteiger partial charge is 0.273 e. The zero-order valence-electron chi connectivity index (χ0n) is 17.6. The molecule has 5 nitrogen and oxygen atoms in total. The number of aryl methyl sites for hydroxylation is 1. The highest BCUT2D eigenvalue weighted by Crippen LogP contribution is 2.14. The Hall–Kier alpha value is -3.92. The average molecular weight is 472 g/mol. The maximum atomic E-state index is 13.4. The van der Waals surface area contributed by atoms with Gasteiger partial charge in [-0.3, -0.25) is 14.2 Å². The van der Waals surface area contributed by atoms with Gasteiger partial charge in [0.1, 0.15) is 10.7 Å². The van der Waals surface area contributed by atoms with Gasteiger partial charge in [0.05, 0.1) is 10.2 Å². The second-order valence-corrected chi connectivity index (χ2v) is 8.72. The lowest BCUT2D eigenvalue weighted by molar-refractivity contribution is -0.111. The van der Waals surface area contributed by atoms with Gasteiger partial charge < -0.3 is 5.32 Å². The minimum absolute atomic E-state index is 0.153. The van der Waals surface area contributed by atoms with Crippen LogP contribution in [0, 0.1) is 18.3 Å². The van der Waals surface area contributed by atoms with Crippen molar-refractivity contribution in [3.05, 3.63) is 115 Å². The molecule has 4 rings (SSSR count). The van der Waals surface area contributed by atoms with Gasteiger partial charge in [-0.15, -0.1) is 11.3 Å². The topological polar surface area (TPSA) is 74.9 Å². The van der Waals surface area contributed by atoms with Crippen LogP contribution in [-0.2, 0) is 4.79 Å². The zero-order chi connectivity index (χ0) is 23.4. The summed E-state index contributed by atoms with van der Waals surface area (Å²) in [4.78, 5) is 26.4. The van der Waals surface area contributed by atoms with Crippen LogP contribution < -0.4 is 20.1 Å². The molecule has 1 N–H and O–H groups in total. The number of para-hydroxylation sites is 1. The number of carbonyl (C=O) groups is 1. The summed E-state index contributed by atoms with van der Waals surface area (Å²) in [5.74, 6) is -0.604. The van der Waals surface area contributed by atoms with Crippen LogP contribution in [0.1, 0.15) is 11.1 Å². The highest BCUT2D eigenvalue weighted by Gasteiger charge is 2.17. The van der Waals surface area contributed by atoms with Crippen molar-refractivity contribution in [2.24, 2.45) is 0 Å². The summed E-state index contributed by atoms with van der Waals surface area (Å²) in [6.45, 7) is 1.99. The number of hydrogen-bond donors (Lipinski definition) is 1. The van der Waals surface area contributed by atoms with Crippen molar-refractivity contribution >= 4 is 46.2 Å². The number of hydrogen-bond acceptors (Lipinski definition) is 4. The van der Waals surface area contributed by atoms with Crippen molar-refractivity contribution in [2.75, 3.05) is 5.32 Å². The molecule has 0 saturated heterocycles. The molecule has 7 heteroatoms. The molecule has 162 valence electrons. The van der Waals surface area contributed by atoms with Crippen molar-refractivity contribution in [2.45, 2.75) is 6.92 Å². The average Bonchev–Trinajstić information content (AvgIpc) is 3.13. The van der Waals surface area contributed by atoms with Crippen molar-refractivity contribution in [3.8, 4) is 11.8 Å². The molecule has 0 aliphatic carbocycles. The molecule has 0 radical (unpaired) electrons. The van der Waals surface area contributed by atoms with Gasteiger partial charge in [0.2, 0.25) is 0 Å². The summed E-state index contributed by atoms with van der Waals surface area (Å²) in [5, 5.41) is 13.1. The van der Waals surface area contributed by atoms with E-state index >= 15 is 0 Å². The van der Waals surface area contributed by atoms with Gasteiger partial charge in [-0.1, -0.05) is 59.6 Å². The minimum Gasteiger partial charge on any atom is -0.321 e. The maximum Gasteiger partial charge on any atom is 0.273 e. The highest BCUT2D eigenvalue weighted by molar-refractivity contribution is 7.07. The first-order valence-corrected chi connectivity index (χ1v) is 11.2. The van der Waals surface area contributed by atoms with Gasteiger partial charge >= 0.3 is 0 Å². The highest BCUT2D eigenvalue weighted by atomic mass is 35.5. The predicted molar refractivity (Wildman–Crippen MR) is 133 cm³/mol. The maximum absolute atomic E-state index is 13.4. The van der Waals surface area contributed by atoms with E-state index in [-0.39, 0.29) is 15.8 Å². The molecule has 4 aromatic rings. The molecule has 1 heterocycles. The van der Waals surface area contributed by atoms with E-state index in [1.165, 1.54) is 4.57 Å². The van der Waals surface area contributed by atoms with Gasteiger partial charge in [-0.2, -0.15) is 5.26 Å². The fraction of sp³-hybridized carbons (Fsp3) is 0.0385. The monoisotopic (exact) mass is 471 g/mol. The Morgan fingerprint density at radius 2 is 1.70 bits per heavy atom. The van der Waals surface area contributed by atoms with Crippen molar-refractivity contribution in [3.63, 3.8) is 0 Å². The van der Waals surface area contributed by atoms with Crippen molar-refractivity contribution in [1.82, 2.24) is 4.57 Å².